The summed E-state index contributed by atoms with van der Waals surface area (Å²) in [4.78, 5) is 12.1. The highest BCUT2D eigenvalue weighted by atomic mass is 16.7. The van der Waals surface area contributed by atoms with E-state index in [1.807, 2.05) is 0 Å². The lowest BCUT2D eigenvalue weighted by molar-refractivity contribution is -0.160. The van der Waals surface area contributed by atoms with E-state index in [-0.39, 0.29) is 18.7 Å². The minimum Gasteiger partial charge on any atom is -0.462 e. The molecular formula is C19H32O3. The third kappa shape index (κ3) is 6.25. The number of hydrogen-bond acceptors (Lipinski definition) is 3. The minimum absolute atomic E-state index is 0.0275. The summed E-state index contributed by atoms with van der Waals surface area (Å²) < 4.78 is 11.1. The molecule has 0 saturated heterocycles. The molecule has 3 atom stereocenters. The van der Waals surface area contributed by atoms with Gasteiger partial charge in [-0.05, 0) is 37.2 Å². The maximum atomic E-state index is 12.1. The van der Waals surface area contributed by atoms with Crippen LogP contribution < -0.4 is 0 Å². The molecule has 3 nitrogen and oxygen atoms in total. The summed E-state index contributed by atoms with van der Waals surface area (Å²) >= 11 is 0. The van der Waals surface area contributed by atoms with E-state index < -0.39 is 0 Å². The van der Waals surface area contributed by atoms with Gasteiger partial charge in [-0.15, -0.1) is 0 Å². The fourth-order valence-corrected chi connectivity index (χ4v) is 2.95. The molecule has 0 aromatic rings. The van der Waals surface area contributed by atoms with Crippen molar-refractivity contribution in [1.82, 2.24) is 0 Å². The van der Waals surface area contributed by atoms with Crippen LogP contribution in [0.3, 0.4) is 0 Å². The Balaban J connectivity index is 2.47. The van der Waals surface area contributed by atoms with Crippen molar-refractivity contribution in [1.29, 1.82) is 0 Å². The number of hydrogen-bond donors (Lipinski definition) is 0. The van der Waals surface area contributed by atoms with Crippen molar-refractivity contribution in [2.24, 2.45) is 23.7 Å². The average Bonchev–Trinajstić information content (AvgIpc) is 2.44. The van der Waals surface area contributed by atoms with Crippen LogP contribution in [-0.4, -0.2) is 12.8 Å². The molecule has 3 unspecified atom stereocenters. The van der Waals surface area contributed by atoms with Crippen LogP contribution in [-0.2, 0) is 14.3 Å². The molecule has 0 heterocycles. The topological polar surface area (TPSA) is 35.5 Å². The second kappa shape index (κ2) is 9.70. The van der Waals surface area contributed by atoms with E-state index in [1.54, 1.807) is 0 Å². The summed E-state index contributed by atoms with van der Waals surface area (Å²) in [6, 6.07) is 0. The number of esters is 1. The predicted octanol–water partition coefficient (Wildman–Crippen LogP) is 5.08. The first-order valence-electron chi connectivity index (χ1n) is 8.61. The number of rotatable bonds is 7. The van der Waals surface area contributed by atoms with Gasteiger partial charge in [0.15, 0.2) is 0 Å². The lowest BCUT2D eigenvalue weighted by Gasteiger charge is -2.22. The van der Waals surface area contributed by atoms with Gasteiger partial charge in [-0.1, -0.05) is 53.2 Å². The van der Waals surface area contributed by atoms with Gasteiger partial charge in [-0.2, -0.15) is 0 Å². The largest absolute Gasteiger partial charge is 0.462 e. The number of allylic oxidation sites excluding steroid dienone is 4. The van der Waals surface area contributed by atoms with Gasteiger partial charge in [0.05, 0.1) is 11.7 Å². The predicted molar refractivity (Wildman–Crippen MR) is 90.1 cm³/mol. The molecule has 126 valence electrons. The Morgan fingerprint density at radius 2 is 2.09 bits per heavy atom. The maximum Gasteiger partial charge on any atom is 0.312 e. The third-order valence-electron chi connectivity index (χ3n) is 4.26. The minimum atomic E-state index is -0.135. The standard InChI is InChI=1S/C19H32O3/c1-6-9-17(14(2)3)19(20)22-13-21-18-11-8-7-10-15(4)12-16(18)5/h7,10-11,14-17H,6,8-9,12-13H2,1-5H3. The Morgan fingerprint density at radius 3 is 2.73 bits per heavy atom. The highest BCUT2D eigenvalue weighted by molar-refractivity contribution is 5.72. The molecule has 0 saturated carbocycles. The van der Waals surface area contributed by atoms with Crippen molar-refractivity contribution < 1.29 is 14.3 Å². The van der Waals surface area contributed by atoms with Gasteiger partial charge in [-0.25, -0.2) is 0 Å². The van der Waals surface area contributed by atoms with E-state index in [9.17, 15) is 4.79 Å². The van der Waals surface area contributed by atoms with E-state index in [0.29, 0.717) is 17.8 Å². The van der Waals surface area contributed by atoms with Crippen LogP contribution >= 0.6 is 0 Å². The molecule has 0 aliphatic heterocycles. The van der Waals surface area contributed by atoms with Gasteiger partial charge < -0.3 is 9.47 Å². The zero-order valence-corrected chi connectivity index (χ0v) is 14.8. The summed E-state index contributed by atoms with van der Waals surface area (Å²) in [6.45, 7) is 10.6. The van der Waals surface area contributed by atoms with Crippen molar-refractivity contribution in [2.75, 3.05) is 6.79 Å². The van der Waals surface area contributed by atoms with Crippen LogP contribution in [0.2, 0.25) is 0 Å². The molecule has 0 aromatic heterocycles. The van der Waals surface area contributed by atoms with Crippen LogP contribution in [0.1, 0.15) is 60.3 Å². The second-order valence-corrected chi connectivity index (χ2v) is 6.75. The Labute approximate surface area is 135 Å². The van der Waals surface area contributed by atoms with Crippen LogP contribution in [0.5, 0.6) is 0 Å². The van der Waals surface area contributed by atoms with Gasteiger partial charge in [0.1, 0.15) is 0 Å². The van der Waals surface area contributed by atoms with Crippen molar-refractivity contribution in [2.45, 2.75) is 60.3 Å². The summed E-state index contributed by atoms with van der Waals surface area (Å²) in [5.41, 5.74) is 0. The van der Waals surface area contributed by atoms with Gasteiger partial charge in [-0.3, -0.25) is 4.79 Å². The fraction of sp³-hybridized carbons (Fsp3) is 0.737. The first-order chi connectivity index (χ1) is 10.5. The van der Waals surface area contributed by atoms with Gasteiger partial charge in [0.2, 0.25) is 6.79 Å². The highest BCUT2D eigenvalue weighted by Crippen LogP contribution is 2.25. The van der Waals surface area contributed by atoms with E-state index in [4.69, 9.17) is 9.47 Å². The Kier molecular flexibility index (Phi) is 8.29. The van der Waals surface area contributed by atoms with E-state index in [2.05, 4.69) is 52.8 Å². The van der Waals surface area contributed by atoms with Gasteiger partial charge in [0, 0.05) is 5.92 Å². The van der Waals surface area contributed by atoms with E-state index in [0.717, 1.165) is 31.4 Å². The molecule has 1 rings (SSSR count). The van der Waals surface area contributed by atoms with Crippen molar-refractivity contribution in [3.05, 3.63) is 24.0 Å². The Morgan fingerprint density at radius 1 is 1.36 bits per heavy atom. The maximum absolute atomic E-state index is 12.1. The summed E-state index contributed by atoms with van der Waals surface area (Å²) in [7, 11) is 0. The second-order valence-electron chi connectivity index (χ2n) is 6.75. The lowest BCUT2D eigenvalue weighted by Crippen LogP contribution is -2.24. The molecule has 22 heavy (non-hydrogen) atoms. The fourth-order valence-electron chi connectivity index (χ4n) is 2.95. The van der Waals surface area contributed by atoms with Gasteiger partial charge in [0.25, 0.3) is 0 Å². The Bertz CT molecular complexity index is 395. The smallest absolute Gasteiger partial charge is 0.312 e. The highest BCUT2D eigenvalue weighted by Gasteiger charge is 2.23. The van der Waals surface area contributed by atoms with Crippen LogP contribution in [0, 0.1) is 23.7 Å². The number of carbonyl (C=O) groups excluding carboxylic acids is 1. The quantitative estimate of drug-likeness (QED) is 0.374. The van der Waals surface area contributed by atoms with Crippen LogP contribution in [0.4, 0.5) is 0 Å². The molecule has 0 amide bonds. The summed E-state index contributed by atoms with van der Waals surface area (Å²) in [5, 5.41) is 0. The molecule has 0 fully saturated rings. The lowest BCUT2D eigenvalue weighted by atomic mass is 9.92. The van der Waals surface area contributed by atoms with Crippen molar-refractivity contribution in [3.63, 3.8) is 0 Å². The SMILES string of the molecule is CCCC(C(=O)OCOC1=CCC=CC(C)CC1C)C(C)C. The molecule has 0 aromatic carbocycles. The molecule has 0 spiro atoms. The van der Waals surface area contributed by atoms with Crippen LogP contribution in [0.15, 0.2) is 24.0 Å². The first-order valence-corrected chi connectivity index (χ1v) is 8.61. The monoisotopic (exact) mass is 308 g/mol. The normalized spacial score (nSPS) is 23.5. The number of carbonyl (C=O) groups is 1. The molecule has 0 radical (unpaired) electrons. The van der Waals surface area contributed by atoms with Crippen molar-refractivity contribution in [3.8, 4) is 0 Å². The molecule has 1 aliphatic rings. The molecule has 0 N–H and O–H groups in total. The first kappa shape index (κ1) is 18.8. The average molecular weight is 308 g/mol. The van der Waals surface area contributed by atoms with E-state index in [1.165, 1.54) is 0 Å². The zero-order chi connectivity index (χ0) is 16.5. The molecule has 0 bridgehead atoms. The molecular weight excluding hydrogens is 276 g/mol. The summed E-state index contributed by atoms with van der Waals surface area (Å²) in [5.74, 6) is 2.00. The molecule has 3 heteroatoms. The van der Waals surface area contributed by atoms with Gasteiger partial charge >= 0.3 is 5.97 Å². The molecule has 1 aliphatic carbocycles. The van der Waals surface area contributed by atoms with Crippen LogP contribution in [0.25, 0.3) is 0 Å². The van der Waals surface area contributed by atoms with Crippen molar-refractivity contribution >= 4 is 5.97 Å². The summed E-state index contributed by atoms with van der Waals surface area (Å²) in [6.07, 6.45) is 10.3. The zero-order valence-electron chi connectivity index (χ0n) is 14.8. The Hall–Kier alpha value is -1.25. The number of ether oxygens (including phenoxy) is 2. The third-order valence-corrected chi connectivity index (χ3v) is 4.26. The van der Waals surface area contributed by atoms with E-state index >= 15 is 0 Å².